The number of likely N-dealkylation sites (tertiary alicyclic amines) is 1. The van der Waals surface area contributed by atoms with E-state index in [-0.39, 0.29) is 10.2 Å². The van der Waals surface area contributed by atoms with Gasteiger partial charge in [-0.1, -0.05) is 30.3 Å². The molecule has 0 aromatic heterocycles. The zero-order valence-electron chi connectivity index (χ0n) is 9.15. The van der Waals surface area contributed by atoms with Crippen molar-refractivity contribution in [2.45, 2.75) is 31.8 Å². The molecule has 0 spiro atoms. The minimum Gasteiger partial charge on any atom is -0.632 e. The molecule has 3 rings (SSSR count). The van der Waals surface area contributed by atoms with Crippen molar-refractivity contribution in [2.24, 2.45) is 5.92 Å². The van der Waals surface area contributed by atoms with Crippen LogP contribution < -0.4 is 0 Å². The highest BCUT2D eigenvalue weighted by molar-refractivity contribution is 5.15. The van der Waals surface area contributed by atoms with Crippen LogP contribution in [0.2, 0.25) is 0 Å². The molecule has 1 aliphatic heterocycles. The van der Waals surface area contributed by atoms with Crippen molar-refractivity contribution < 1.29 is 4.65 Å². The van der Waals surface area contributed by atoms with Gasteiger partial charge in [-0.2, -0.15) is 0 Å². The van der Waals surface area contributed by atoms with Crippen LogP contribution >= 0.6 is 0 Å². The SMILES string of the molecule is C[C@@]12C[C@@H]1CC[N@+]2([O-])Cc1ccccc1. The number of fused-ring (bicyclic) bond motifs is 1. The Morgan fingerprint density at radius 3 is 2.67 bits per heavy atom. The third kappa shape index (κ3) is 1.25. The van der Waals surface area contributed by atoms with Crippen molar-refractivity contribution in [3.63, 3.8) is 0 Å². The van der Waals surface area contributed by atoms with Gasteiger partial charge >= 0.3 is 0 Å². The first-order chi connectivity index (χ1) is 7.14. The molecule has 0 radical (unpaired) electrons. The van der Waals surface area contributed by atoms with Crippen molar-refractivity contribution in [1.29, 1.82) is 0 Å². The van der Waals surface area contributed by atoms with E-state index in [2.05, 4.69) is 19.1 Å². The average Bonchev–Trinajstić information content (AvgIpc) is 2.84. The Labute approximate surface area is 90.7 Å². The molecule has 15 heavy (non-hydrogen) atoms. The van der Waals surface area contributed by atoms with Gasteiger partial charge in [-0.05, 0) is 6.92 Å². The molecule has 1 heterocycles. The van der Waals surface area contributed by atoms with Crippen molar-refractivity contribution in [3.8, 4) is 0 Å². The lowest BCUT2D eigenvalue weighted by Crippen LogP contribution is -2.48. The maximum atomic E-state index is 12.7. The molecule has 2 aliphatic rings. The maximum absolute atomic E-state index is 12.7. The highest BCUT2D eigenvalue weighted by Crippen LogP contribution is 2.59. The number of hydrogen-bond donors (Lipinski definition) is 0. The predicted octanol–water partition coefficient (Wildman–Crippen LogP) is 2.68. The number of hydroxylamine groups is 3. The standard InChI is InChI=1S/C13H17NO/c1-13-9-12(13)7-8-14(13,15)10-11-5-3-2-4-6-11/h2-6,12H,7-10H2,1H3/t12-,13+,14-/m0/s1. The average molecular weight is 203 g/mol. The molecule has 1 aromatic rings. The zero-order chi connectivity index (χ0) is 10.5. The van der Waals surface area contributed by atoms with E-state index in [1.807, 2.05) is 18.2 Å². The minimum atomic E-state index is 0.0156. The smallest absolute Gasteiger partial charge is 0.105 e. The van der Waals surface area contributed by atoms with Crippen molar-refractivity contribution in [2.75, 3.05) is 6.54 Å². The van der Waals surface area contributed by atoms with Crippen molar-refractivity contribution in [1.82, 2.24) is 0 Å². The van der Waals surface area contributed by atoms with E-state index in [4.69, 9.17) is 0 Å². The van der Waals surface area contributed by atoms with Crippen LogP contribution in [0.25, 0.3) is 0 Å². The van der Waals surface area contributed by atoms with E-state index in [0.29, 0.717) is 12.5 Å². The van der Waals surface area contributed by atoms with Gasteiger partial charge in [0.15, 0.2) is 0 Å². The monoisotopic (exact) mass is 203 g/mol. The lowest BCUT2D eigenvalue weighted by atomic mass is 10.2. The molecule has 2 nitrogen and oxygen atoms in total. The van der Waals surface area contributed by atoms with E-state index in [0.717, 1.165) is 19.4 Å². The number of rotatable bonds is 2. The highest BCUT2D eigenvalue weighted by Gasteiger charge is 2.65. The fraction of sp³-hybridized carbons (Fsp3) is 0.538. The highest BCUT2D eigenvalue weighted by atomic mass is 16.6. The summed E-state index contributed by atoms with van der Waals surface area (Å²) in [6.07, 6.45) is 2.27. The second-order valence-electron chi connectivity index (χ2n) is 5.30. The maximum Gasteiger partial charge on any atom is 0.105 e. The summed E-state index contributed by atoms with van der Waals surface area (Å²) < 4.78 is 0.0156. The fourth-order valence-corrected chi connectivity index (χ4v) is 3.11. The van der Waals surface area contributed by atoms with Gasteiger partial charge in [-0.15, -0.1) is 0 Å². The summed E-state index contributed by atoms with van der Waals surface area (Å²) in [6.45, 7) is 3.64. The van der Waals surface area contributed by atoms with E-state index in [1.54, 1.807) is 0 Å². The Balaban J connectivity index is 1.84. The number of nitrogens with zero attached hydrogens (tertiary/aromatic N) is 1. The molecule has 80 valence electrons. The summed E-state index contributed by atoms with van der Waals surface area (Å²) in [5, 5.41) is 12.7. The third-order valence-electron chi connectivity index (χ3n) is 4.43. The molecule has 0 N–H and O–H groups in total. The van der Waals surface area contributed by atoms with E-state index in [1.165, 1.54) is 5.56 Å². The molecular weight excluding hydrogens is 186 g/mol. The molecule has 2 heteroatoms. The Kier molecular flexibility index (Phi) is 1.77. The van der Waals surface area contributed by atoms with Crippen LogP contribution in [0.3, 0.4) is 0 Å². The summed E-state index contributed by atoms with van der Waals surface area (Å²) in [7, 11) is 0. The molecule has 0 unspecified atom stereocenters. The molecule has 2 fully saturated rings. The largest absolute Gasteiger partial charge is 0.632 e. The van der Waals surface area contributed by atoms with Crippen LogP contribution in [0, 0.1) is 11.1 Å². The van der Waals surface area contributed by atoms with Crippen LogP contribution in [0.15, 0.2) is 30.3 Å². The molecule has 3 atom stereocenters. The Bertz CT molecular complexity index is 375. The van der Waals surface area contributed by atoms with Crippen LogP contribution in [-0.4, -0.2) is 16.7 Å². The molecule has 1 aromatic carbocycles. The molecule has 0 amide bonds. The molecule has 1 saturated heterocycles. The van der Waals surface area contributed by atoms with Gasteiger partial charge in [0.25, 0.3) is 0 Å². The van der Waals surface area contributed by atoms with Crippen molar-refractivity contribution in [3.05, 3.63) is 41.1 Å². The van der Waals surface area contributed by atoms with E-state index < -0.39 is 0 Å². The topological polar surface area (TPSA) is 23.1 Å². The normalized spacial score (nSPS) is 42.7. The summed E-state index contributed by atoms with van der Waals surface area (Å²) in [4.78, 5) is 0. The summed E-state index contributed by atoms with van der Waals surface area (Å²) in [6, 6.07) is 10.2. The van der Waals surface area contributed by atoms with Gasteiger partial charge in [0.1, 0.15) is 12.1 Å². The van der Waals surface area contributed by atoms with Gasteiger partial charge in [-0.3, -0.25) is 0 Å². The second-order valence-corrected chi connectivity index (χ2v) is 5.30. The number of piperidine rings is 1. The van der Waals surface area contributed by atoms with E-state index in [9.17, 15) is 5.21 Å². The van der Waals surface area contributed by atoms with Crippen LogP contribution in [0.4, 0.5) is 0 Å². The first-order valence-electron chi connectivity index (χ1n) is 5.76. The first-order valence-corrected chi connectivity index (χ1v) is 5.76. The fourth-order valence-electron chi connectivity index (χ4n) is 3.11. The summed E-state index contributed by atoms with van der Waals surface area (Å²) >= 11 is 0. The minimum absolute atomic E-state index is 0.0156. The third-order valence-corrected chi connectivity index (χ3v) is 4.43. The number of quaternary nitrogens is 1. The number of hydrogen-bond acceptors (Lipinski definition) is 1. The van der Waals surface area contributed by atoms with Crippen LogP contribution in [-0.2, 0) is 6.54 Å². The Morgan fingerprint density at radius 2 is 2.13 bits per heavy atom. The van der Waals surface area contributed by atoms with Crippen LogP contribution in [0.5, 0.6) is 0 Å². The molecular formula is C13H17NO. The lowest BCUT2D eigenvalue weighted by molar-refractivity contribution is -0.918. The van der Waals surface area contributed by atoms with Gasteiger partial charge in [0.05, 0.1) is 6.54 Å². The van der Waals surface area contributed by atoms with Gasteiger partial charge < -0.3 is 9.85 Å². The van der Waals surface area contributed by atoms with Gasteiger partial charge in [0.2, 0.25) is 0 Å². The Hall–Kier alpha value is -0.860. The van der Waals surface area contributed by atoms with E-state index >= 15 is 0 Å². The molecule has 0 bridgehead atoms. The second kappa shape index (κ2) is 2.83. The van der Waals surface area contributed by atoms with Gasteiger partial charge in [0, 0.05) is 24.3 Å². The Morgan fingerprint density at radius 1 is 1.40 bits per heavy atom. The van der Waals surface area contributed by atoms with Crippen molar-refractivity contribution >= 4 is 0 Å². The summed E-state index contributed by atoms with van der Waals surface area (Å²) in [5.74, 6) is 0.707. The predicted molar refractivity (Wildman–Crippen MR) is 59.8 cm³/mol. The molecule has 1 saturated carbocycles. The van der Waals surface area contributed by atoms with Gasteiger partial charge in [-0.25, -0.2) is 0 Å². The molecule has 1 aliphatic carbocycles. The first kappa shape index (κ1) is 9.37. The zero-order valence-corrected chi connectivity index (χ0v) is 9.15. The lowest BCUT2D eigenvalue weighted by Gasteiger charge is -2.46. The number of benzene rings is 1. The summed E-state index contributed by atoms with van der Waals surface area (Å²) in [5.41, 5.74) is 1.23. The van der Waals surface area contributed by atoms with Crippen LogP contribution in [0.1, 0.15) is 25.3 Å². The quantitative estimate of drug-likeness (QED) is 0.535.